The molecule has 0 bridgehead atoms. The van der Waals surface area contributed by atoms with E-state index in [0.717, 1.165) is 32.1 Å². The Morgan fingerprint density at radius 3 is 2.85 bits per heavy atom. The number of hydrogen-bond donors (Lipinski definition) is 3. The van der Waals surface area contributed by atoms with Gasteiger partial charge in [-0.25, -0.2) is 4.98 Å². The molecule has 1 amide bonds. The molecule has 1 saturated carbocycles. The molecule has 20 heavy (non-hydrogen) atoms. The fraction of sp³-hybridized carbons (Fsp3) is 0.600. The zero-order chi connectivity index (χ0) is 14.4. The molecule has 1 aliphatic rings. The van der Waals surface area contributed by atoms with Crippen molar-refractivity contribution in [2.45, 2.75) is 51.2 Å². The van der Waals surface area contributed by atoms with E-state index < -0.39 is 0 Å². The van der Waals surface area contributed by atoms with Crippen LogP contribution in [0.25, 0.3) is 0 Å². The highest BCUT2D eigenvalue weighted by molar-refractivity contribution is 5.94. The van der Waals surface area contributed by atoms with E-state index in [9.17, 15) is 9.90 Å². The molecule has 0 aromatic carbocycles. The van der Waals surface area contributed by atoms with E-state index in [0.29, 0.717) is 17.9 Å². The summed E-state index contributed by atoms with van der Waals surface area (Å²) in [4.78, 5) is 16.0. The van der Waals surface area contributed by atoms with Crippen molar-refractivity contribution in [1.29, 1.82) is 0 Å². The van der Waals surface area contributed by atoms with Gasteiger partial charge >= 0.3 is 0 Å². The summed E-state index contributed by atoms with van der Waals surface area (Å²) in [5.41, 5.74) is 0.563. The number of amides is 1. The summed E-state index contributed by atoms with van der Waals surface area (Å²) in [6.07, 6.45) is 6.20. The molecule has 0 radical (unpaired) electrons. The van der Waals surface area contributed by atoms with E-state index in [1.807, 2.05) is 6.92 Å². The molecule has 0 spiro atoms. The Morgan fingerprint density at radius 2 is 2.20 bits per heavy atom. The van der Waals surface area contributed by atoms with Crippen LogP contribution in [0.3, 0.4) is 0 Å². The van der Waals surface area contributed by atoms with Gasteiger partial charge in [0.25, 0.3) is 5.91 Å². The van der Waals surface area contributed by atoms with E-state index in [4.69, 9.17) is 0 Å². The fourth-order valence-corrected chi connectivity index (χ4v) is 2.42. The highest BCUT2D eigenvalue weighted by Gasteiger charge is 2.22. The summed E-state index contributed by atoms with van der Waals surface area (Å²) in [6.45, 7) is 2.69. The quantitative estimate of drug-likeness (QED) is 0.769. The highest BCUT2D eigenvalue weighted by atomic mass is 16.3. The first-order valence-electron chi connectivity index (χ1n) is 7.39. The Kier molecular flexibility index (Phi) is 5.35. The van der Waals surface area contributed by atoms with Crippen LogP contribution in [0.1, 0.15) is 49.4 Å². The van der Waals surface area contributed by atoms with Gasteiger partial charge in [-0.15, -0.1) is 0 Å². The second kappa shape index (κ2) is 7.24. The molecule has 5 heteroatoms. The first-order valence-corrected chi connectivity index (χ1v) is 7.39. The van der Waals surface area contributed by atoms with Gasteiger partial charge in [-0.2, -0.15) is 0 Å². The number of nitrogens with one attached hydrogen (secondary N) is 2. The molecule has 3 N–H and O–H groups in total. The van der Waals surface area contributed by atoms with Gasteiger partial charge in [0.1, 0.15) is 5.82 Å². The van der Waals surface area contributed by atoms with Gasteiger partial charge in [0.05, 0.1) is 17.7 Å². The maximum atomic E-state index is 11.7. The SMILES string of the molecule is CCCNC(=O)c1ccc(N[C@H]2CCCC[C@@H]2O)nc1. The lowest BCUT2D eigenvalue weighted by Gasteiger charge is -2.28. The molecule has 110 valence electrons. The average Bonchev–Trinajstić information content (AvgIpc) is 2.48. The van der Waals surface area contributed by atoms with Crippen LogP contribution in [0.4, 0.5) is 5.82 Å². The number of nitrogens with zero attached hydrogens (tertiary/aromatic N) is 1. The second-order valence-electron chi connectivity index (χ2n) is 5.29. The minimum Gasteiger partial charge on any atom is -0.391 e. The number of pyridine rings is 1. The van der Waals surface area contributed by atoms with Crippen molar-refractivity contribution in [3.63, 3.8) is 0 Å². The molecule has 0 unspecified atom stereocenters. The Labute approximate surface area is 119 Å². The molecule has 1 aromatic rings. The smallest absolute Gasteiger partial charge is 0.252 e. The summed E-state index contributed by atoms with van der Waals surface area (Å²) in [6, 6.07) is 3.62. The van der Waals surface area contributed by atoms with Gasteiger partial charge in [0.15, 0.2) is 0 Å². The summed E-state index contributed by atoms with van der Waals surface area (Å²) in [7, 11) is 0. The Balaban J connectivity index is 1.92. The normalized spacial score (nSPS) is 22.3. The average molecular weight is 277 g/mol. The van der Waals surface area contributed by atoms with Crippen molar-refractivity contribution < 1.29 is 9.90 Å². The lowest BCUT2D eigenvalue weighted by atomic mass is 9.92. The van der Waals surface area contributed by atoms with Crippen LogP contribution >= 0.6 is 0 Å². The predicted octanol–water partition coefficient (Wildman–Crippen LogP) is 1.94. The van der Waals surface area contributed by atoms with Crippen molar-refractivity contribution in [3.05, 3.63) is 23.9 Å². The lowest BCUT2D eigenvalue weighted by molar-refractivity contribution is 0.0953. The largest absolute Gasteiger partial charge is 0.391 e. The summed E-state index contributed by atoms with van der Waals surface area (Å²) >= 11 is 0. The van der Waals surface area contributed by atoms with E-state index >= 15 is 0 Å². The van der Waals surface area contributed by atoms with Gasteiger partial charge in [-0.1, -0.05) is 19.8 Å². The van der Waals surface area contributed by atoms with Crippen molar-refractivity contribution >= 4 is 11.7 Å². The van der Waals surface area contributed by atoms with Crippen LogP contribution < -0.4 is 10.6 Å². The van der Waals surface area contributed by atoms with Crippen molar-refractivity contribution in [2.24, 2.45) is 0 Å². The van der Waals surface area contributed by atoms with Crippen LogP contribution in [0.5, 0.6) is 0 Å². The zero-order valence-corrected chi connectivity index (χ0v) is 11.9. The molecule has 0 saturated heterocycles. The maximum absolute atomic E-state index is 11.7. The van der Waals surface area contributed by atoms with Crippen LogP contribution in [0, 0.1) is 0 Å². The van der Waals surface area contributed by atoms with Gasteiger partial charge in [0.2, 0.25) is 0 Å². The molecule has 1 aliphatic carbocycles. The number of rotatable bonds is 5. The first-order chi connectivity index (χ1) is 9.70. The molecule has 1 aromatic heterocycles. The van der Waals surface area contributed by atoms with Crippen LogP contribution in [0.2, 0.25) is 0 Å². The Morgan fingerprint density at radius 1 is 1.40 bits per heavy atom. The topological polar surface area (TPSA) is 74.2 Å². The highest BCUT2D eigenvalue weighted by Crippen LogP contribution is 2.21. The minimum atomic E-state index is -0.307. The summed E-state index contributed by atoms with van der Waals surface area (Å²) in [5.74, 6) is 0.617. The number of aliphatic hydroxyl groups excluding tert-OH is 1. The predicted molar refractivity (Wildman–Crippen MR) is 78.7 cm³/mol. The van der Waals surface area contributed by atoms with Crippen LogP contribution in [0.15, 0.2) is 18.3 Å². The number of aliphatic hydroxyl groups is 1. The van der Waals surface area contributed by atoms with E-state index in [-0.39, 0.29) is 18.1 Å². The van der Waals surface area contributed by atoms with E-state index in [2.05, 4.69) is 15.6 Å². The fourth-order valence-electron chi connectivity index (χ4n) is 2.42. The third-order valence-corrected chi connectivity index (χ3v) is 3.62. The van der Waals surface area contributed by atoms with Gasteiger partial charge in [-0.3, -0.25) is 4.79 Å². The molecular weight excluding hydrogens is 254 g/mol. The van der Waals surface area contributed by atoms with Crippen molar-refractivity contribution in [1.82, 2.24) is 10.3 Å². The minimum absolute atomic E-state index is 0.0658. The molecule has 1 heterocycles. The molecule has 0 aliphatic heterocycles. The molecule has 5 nitrogen and oxygen atoms in total. The first kappa shape index (κ1) is 14.8. The molecule has 1 fully saturated rings. The van der Waals surface area contributed by atoms with E-state index in [1.165, 1.54) is 0 Å². The molecular formula is C15H23N3O2. The number of aromatic nitrogens is 1. The van der Waals surface area contributed by atoms with Crippen molar-refractivity contribution in [3.8, 4) is 0 Å². The standard InChI is InChI=1S/C15H23N3O2/c1-2-9-16-15(20)11-7-8-14(17-10-11)18-12-5-3-4-6-13(12)19/h7-8,10,12-13,19H,2-6,9H2,1H3,(H,16,20)(H,17,18)/t12-,13-/m0/s1. The number of carbonyl (C=O) groups is 1. The second-order valence-corrected chi connectivity index (χ2v) is 5.29. The summed E-state index contributed by atoms with van der Waals surface area (Å²) < 4.78 is 0. The number of hydrogen-bond acceptors (Lipinski definition) is 4. The lowest BCUT2D eigenvalue weighted by Crippen LogP contribution is -2.36. The van der Waals surface area contributed by atoms with E-state index in [1.54, 1.807) is 18.3 Å². The summed E-state index contributed by atoms with van der Waals surface area (Å²) in [5, 5.41) is 16.0. The Hall–Kier alpha value is -1.62. The third kappa shape index (κ3) is 3.93. The van der Waals surface area contributed by atoms with Gasteiger partial charge in [0, 0.05) is 12.7 Å². The van der Waals surface area contributed by atoms with Crippen molar-refractivity contribution in [2.75, 3.05) is 11.9 Å². The van der Waals surface area contributed by atoms with Gasteiger partial charge < -0.3 is 15.7 Å². The molecule has 2 atom stereocenters. The maximum Gasteiger partial charge on any atom is 0.252 e. The third-order valence-electron chi connectivity index (χ3n) is 3.62. The molecule has 2 rings (SSSR count). The van der Waals surface area contributed by atoms with Crippen LogP contribution in [-0.2, 0) is 0 Å². The van der Waals surface area contributed by atoms with Gasteiger partial charge in [-0.05, 0) is 31.4 Å². The number of anilines is 1. The number of carbonyl (C=O) groups excluding carboxylic acids is 1. The zero-order valence-electron chi connectivity index (χ0n) is 11.9. The Bertz CT molecular complexity index is 433. The monoisotopic (exact) mass is 277 g/mol. The van der Waals surface area contributed by atoms with Crippen LogP contribution in [-0.4, -0.2) is 34.7 Å².